The van der Waals surface area contributed by atoms with Gasteiger partial charge >= 0.3 is 5.97 Å². The summed E-state index contributed by atoms with van der Waals surface area (Å²) in [6.45, 7) is 1.50. The number of fused-ring (bicyclic) bond motifs is 1. The molecule has 0 radical (unpaired) electrons. The van der Waals surface area contributed by atoms with Crippen LogP contribution in [-0.4, -0.2) is 62.8 Å². The number of carbonyl (C=O) groups is 2. The number of hydrogen-bond donors (Lipinski definition) is 4. The maximum absolute atomic E-state index is 12.4. The lowest BCUT2D eigenvalue weighted by Gasteiger charge is -2.35. The van der Waals surface area contributed by atoms with Crippen molar-refractivity contribution >= 4 is 18.0 Å². The molecule has 1 aromatic heterocycles. The highest BCUT2D eigenvalue weighted by Gasteiger charge is 2.41. The van der Waals surface area contributed by atoms with Crippen molar-refractivity contribution < 1.29 is 29.6 Å². The van der Waals surface area contributed by atoms with Gasteiger partial charge in [0.25, 0.3) is 5.91 Å². The van der Waals surface area contributed by atoms with Crippen LogP contribution >= 0.6 is 0 Å². The number of nitrogens with one attached hydrogen (secondary N) is 1. The maximum Gasteiger partial charge on any atom is 0.358 e. The number of ether oxygens (including phenoxy) is 1. The highest BCUT2D eigenvalue weighted by atomic mass is 16.5. The molecular weight excluding hydrogens is 378 g/mol. The second kappa shape index (κ2) is 8.48. The Morgan fingerprint density at radius 2 is 1.93 bits per heavy atom. The van der Waals surface area contributed by atoms with E-state index in [0.29, 0.717) is 0 Å². The first-order valence-corrected chi connectivity index (χ1v) is 8.89. The standard InChI is InChI=1S/C20H21N3O6/c1-10-13-15(23-22-14(10)20(28)29-2)19(27)21-16(18(13)26)17(25)12(24)9-8-11-6-4-3-5-7-11/h3-9,12,16-18,24-26H,1-2H3,(H,21,27). The van der Waals surface area contributed by atoms with Crippen molar-refractivity contribution in [3.63, 3.8) is 0 Å². The number of methoxy groups -OCH3 is 1. The Morgan fingerprint density at radius 3 is 2.59 bits per heavy atom. The first-order chi connectivity index (χ1) is 13.8. The predicted molar refractivity (Wildman–Crippen MR) is 102 cm³/mol. The molecule has 0 aliphatic carbocycles. The first kappa shape index (κ1) is 20.6. The summed E-state index contributed by atoms with van der Waals surface area (Å²) in [4.78, 5) is 24.2. The minimum Gasteiger partial charge on any atom is -0.464 e. The number of carbonyl (C=O) groups excluding carboxylic acids is 2. The van der Waals surface area contributed by atoms with Crippen molar-refractivity contribution in [3.8, 4) is 0 Å². The van der Waals surface area contributed by atoms with Gasteiger partial charge < -0.3 is 25.4 Å². The van der Waals surface area contributed by atoms with Gasteiger partial charge in [-0.1, -0.05) is 42.5 Å². The van der Waals surface area contributed by atoms with E-state index < -0.39 is 36.2 Å². The van der Waals surface area contributed by atoms with Crippen LogP contribution in [0.5, 0.6) is 0 Å². The van der Waals surface area contributed by atoms with Crippen molar-refractivity contribution in [1.29, 1.82) is 0 Å². The molecule has 0 saturated carbocycles. The van der Waals surface area contributed by atoms with Gasteiger partial charge in [0, 0.05) is 5.56 Å². The van der Waals surface area contributed by atoms with E-state index in [0.717, 1.165) is 5.56 Å². The van der Waals surface area contributed by atoms with Crippen LogP contribution in [0.1, 0.15) is 43.8 Å². The predicted octanol–water partition coefficient (Wildman–Crippen LogP) is 0.152. The van der Waals surface area contributed by atoms with Gasteiger partial charge in [-0.25, -0.2) is 4.79 Å². The molecule has 0 saturated heterocycles. The fourth-order valence-corrected chi connectivity index (χ4v) is 3.20. The summed E-state index contributed by atoms with van der Waals surface area (Å²) in [5.74, 6) is -1.44. The van der Waals surface area contributed by atoms with Gasteiger partial charge in [-0.05, 0) is 18.1 Å². The quantitative estimate of drug-likeness (QED) is 0.521. The lowest BCUT2D eigenvalue weighted by molar-refractivity contribution is -0.0225. The summed E-state index contributed by atoms with van der Waals surface area (Å²) in [5, 5.41) is 41.5. The highest BCUT2D eigenvalue weighted by molar-refractivity contribution is 5.97. The third kappa shape index (κ3) is 4.02. The van der Waals surface area contributed by atoms with Gasteiger partial charge in [-0.15, -0.1) is 10.2 Å². The number of aliphatic hydroxyl groups excluding tert-OH is 3. The summed E-state index contributed by atoms with van der Waals surface area (Å²) >= 11 is 0. The zero-order chi connectivity index (χ0) is 21.1. The van der Waals surface area contributed by atoms with Crippen molar-refractivity contribution in [2.24, 2.45) is 0 Å². The topological polar surface area (TPSA) is 142 Å². The molecule has 0 bridgehead atoms. The van der Waals surface area contributed by atoms with E-state index in [2.05, 4.69) is 20.3 Å². The second-order valence-electron chi connectivity index (χ2n) is 6.62. The van der Waals surface area contributed by atoms with E-state index in [1.807, 2.05) is 30.3 Å². The molecule has 29 heavy (non-hydrogen) atoms. The van der Waals surface area contributed by atoms with Crippen molar-refractivity contribution in [1.82, 2.24) is 15.5 Å². The molecule has 1 amide bonds. The molecule has 4 N–H and O–H groups in total. The van der Waals surface area contributed by atoms with Gasteiger partial charge in [0.2, 0.25) is 0 Å². The van der Waals surface area contributed by atoms with Crippen LogP contribution in [0.25, 0.3) is 6.08 Å². The van der Waals surface area contributed by atoms with Gasteiger partial charge in [-0.3, -0.25) is 4.79 Å². The Kier molecular flexibility index (Phi) is 6.02. The second-order valence-corrected chi connectivity index (χ2v) is 6.62. The molecule has 1 aliphatic rings. The number of rotatable bonds is 5. The average Bonchev–Trinajstić information content (AvgIpc) is 2.74. The molecule has 2 heterocycles. The minimum absolute atomic E-state index is 0.0624. The fraction of sp³-hybridized carbons (Fsp3) is 0.300. The molecular formula is C20H21N3O6. The monoisotopic (exact) mass is 399 g/mol. The number of aromatic nitrogens is 2. The molecule has 9 nitrogen and oxygen atoms in total. The zero-order valence-electron chi connectivity index (χ0n) is 15.8. The molecule has 152 valence electrons. The van der Waals surface area contributed by atoms with E-state index in [1.54, 1.807) is 6.08 Å². The number of amides is 1. The Morgan fingerprint density at radius 1 is 1.24 bits per heavy atom. The first-order valence-electron chi connectivity index (χ1n) is 8.89. The van der Waals surface area contributed by atoms with Crippen LogP contribution in [0.15, 0.2) is 36.4 Å². The summed E-state index contributed by atoms with van der Waals surface area (Å²) in [7, 11) is 1.17. The van der Waals surface area contributed by atoms with Crippen LogP contribution in [0.2, 0.25) is 0 Å². The summed E-state index contributed by atoms with van der Waals surface area (Å²) < 4.78 is 4.63. The van der Waals surface area contributed by atoms with Gasteiger partial charge in [0.15, 0.2) is 11.4 Å². The van der Waals surface area contributed by atoms with E-state index >= 15 is 0 Å². The Labute approximate surface area is 166 Å². The largest absolute Gasteiger partial charge is 0.464 e. The van der Waals surface area contributed by atoms with E-state index in [9.17, 15) is 24.9 Å². The smallest absolute Gasteiger partial charge is 0.358 e. The molecule has 0 spiro atoms. The summed E-state index contributed by atoms with van der Waals surface area (Å²) in [5.41, 5.74) is 0.799. The summed E-state index contributed by atoms with van der Waals surface area (Å²) in [6, 6.07) is 7.92. The SMILES string of the molecule is COC(=O)c1nnc2c(c1C)C(O)C(C(O)C(O)C=Cc1ccccc1)NC2=O. The zero-order valence-corrected chi connectivity index (χ0v) is 15.8. The fourth-order valence-electron chi connectivity index (χ4n) is 3.20. The van der Waals surface area contributed by atoms with Gasteiger partial charge in [0.1, 0.15) is 18.3 Å². The highest BCUT2D eigenvalue weighted by Crippen LogP contribution is 2.31. The Bertz CT molecular complexity index is 947. The van der Waals surface area contributed by atoms with Crippen LogP contribution < -0.4 is 5.32 Å². The number of aliphatic hydroxyl groups is 3. The molecule has 4 atom stereocenters. The lowest BCUT2D eigenvalue weighted by atomic mass is 9.87. The van der Waals surface area contributed by atoms with Crippen LogP contribution in [0, 0.1) is 6.92 Å². The number of esters is 1. The molecule has 1 aromatic carbocycles. The van der Waals surface area contributed by atoms with E-state index in [-0.39, 0.29) is 22.5 Å². The molecule has 3 rings (SSSR count). The Hall–Kier alpha value is -3.14. The summed E-state index contributed by atoms with van der Waals surface area (Å²) in [6.07, 6.45) is -1.32. The third-order valence-electron chi connectivity index (χ3n) is 4.80. The lowest BCUT2D eigenvalue weighted by Crippen LogP contribution is -2.55. The van der Waals surface area contributed by atoms with Crippen molar-refractivity contribution in [3.05, 3.63) is 64.5 Å². The molecule has 1 aliphatic heterocycles. The number of hydrogen-bond acceptors (Lipinski definition) is 8. The molecule has 4 unspecified atom stereocenters. The average molecular weight is 399 g/mol. The maximum atomic E-state index is 12.4. The third-order valence-corrected chi connectivity index (χ3v) is 4.80. The van der Waals surface area contributed by atoms with Crippen LogP contribution in [-0.2, 0) is 4.74 Å². The molecule has 9 heteroatoms. The molecule has 0 fully saturated rings. The number of benzene rings is 1. The van der Waals surface area contributed by atoms with E-state index in [4.69, 9.17) is 0 Å². The van der Waals surface area contributed by atoms with E-state index in [1.165, 1.54) is 20.1 Å². The van der Waals surface area contributed by atoms with Crippen LogP contribution in [0.3, 0.4) is 0 Å². The van der Waals surface area contributed by atoms with Crippen molar-refractivity contribution in [2.75, 3.05) is 7.11 Å². The molecule has 2 aromatic rings. The van der Waals surface area contributed by atoms with Crippen LogP contribution in [0.4, 0.5) is 0 Å². The van der Waals surface area contributed by atoms with Gasteiger partial charge in [-0.2, -0.15) is 0 Å². The minimum atomic E-state index is -1.52. The van der Waals surface area contributed by atoms with Gasteiger partial charge in [0.05, 0.1) is 13.2 Å². The number of nitrogens with zero attached hydrogens (tertiary/aromatic N) is 2. The Balaban J connectivity index is 1.88. The van der Waals surface area contributed by atoms with Crippen molar-refractivity contribution in [2.45, 2.75) is 31.3 Å². The normalized spacial score (nSPS) is 20.7.